The number of hydrogen-bond acceptors (Lipinski definition) is 6. The molecule has 1 aliphatic heterocycles. The first kappa shape index (κ1) is 12.5. The van der Waals surface area contributed by atoms with Crippen LogP contribution in [0.15, 0.2) is 4.52 Å². The highest BCUT2D eigenvalue weighted by Crippen LogP contribution is 2.27. The fourth-order valence-corrected chi connectivity index (χ4v) is 1.83. The average molecular weight is 241 g/mol. The molecule has 0 bridgehead atoms. The smallest absolute Gasteiger partial charge is 0.246 e. The summed E-state index contributed by atoms with van der Waals surface area (Å²) in [5.74, 6) is 1.16. The van der Waals surface area contributed by atoms with Gasteiger partial charge in [0, 0.05) is 26.7 Å². The number of aromatic nitrogens is 2. The van der Waals surface area contributed by atoms with Crippen LogP contribution in [0.25, 0.3) is 0 Å². The Kier molecular flexibility index (Phi) is 3.76. The lowest BCUT2D eigenvalue weighted by Gasteiger charge is -2.29. The van der Waals surface area contributed by atoms with E-state index in [1.807, 2.05) is 6.92 Å². The molecule has 1 aromatic rings. The minimum absolute atomic E-state index is 0.0730. The fraction of sp³-hybridized carbons (Fsp3) is 0.818. The Balaban J connectivity index is 2.06. The van der Waals surface area contributed by atoms with Crippen LogP contribution in [0.4, 0.5) is 0 Å². The van der Waals surface area contributed by atoms with Crippen LogP contribution in [0.5, 0.6) is 0 Å². The Hall–Kier alpha value is -0.980. The third kappa shape index (κ3) is 2.83. The van der Waals surface area contributed by atoms with Crippen molar-refractivity contribution in [2.24, 2.45) is 5.73 Å². The third-order valence-electron chi connectivity index (χ3n) is 3.15. The van der Waals surface area contributed by atoms with E-state index in [1.54, 1.807) is 7.11 Å². The van der Waals surface area contributed by atoms with Crippen LogP contribution in [0.2, 0.25) is 0 Å². The maximum atomic E-state index is 6.25. The molecule has 2 N–H and O–H groups in total. The summed E-state index contributed by atoms with van der Waals surface area (Å²) in [5.41, 5.74) is 5.72. The Morgan fingerprint density at radius 3 is 2.82 bits per heavy atom. The van der Waals surface area contributed by atoms with Gasteiger partial charge in [-0.2, -0.15) is 4.98 Å². The highest BCUT2D eigenvalue weighted by Gasteiger charge is 2.35. The minimum Gasteiger partial charge on any atom is -0.381 e. The number of nitrogens with zero attached hydrogens (tertiary/aromatic N) is 2. The van der Waals surface area contributed by atoms with Crippen molar-refractivity contribution in [3.05, 3.63) is 11.7 Å². The van der Waals surface area contributed by atoms with Gasteiger partial charge < -0.3 is 19.7 Å². The second kappa shape index (κ2) is 5.12. The normalized spacial score (nSPS) is 21.4. The molecule has 0 saturated carbocycles. The molecule has 1 saturated heterocycles. The van der Waals surface area contributed by atoms with Crippen molar-refractivity contribution >= 4 is 0 Å². The zero-order valence-corrected chi connectivity index (χ0v) is 10.3. The van der Waals surface area contributed by atoms with Gasteiger partial charge >= 0.3 is 0 Å². The number of nitrogens with two attached hydrogens (primary N) is 1. The van der Waals surface area contributed by atoms with Crippen LogP contribution >= 0.6 is 0 Å². The van der Waals surface area contributed by atoms with Crippen molar-refractivity contribution in [1.82, 2.24) is 10.1 Å². The molecule has 2 heterocycles. The first-order valence-corrected chi connectivity index (χ1v) is 5.86. The van der Waals surface area contributed by atoms with E-state index in [9.17, 15) is 0 Å². The minimum atomic E-state index is -0.528. The van der Waals surface area contributed by atoms with Gasteiger partial charge in [-0.05, 0) is 19.8 Å². The maximum Gasteiger partial charge on any atom is 0.246 e. The topological polar surface area (TPSA) is 83.4 Å². The molecule has 1 atom stereocenters. The molecule has 17 heavy (non-hydrogen) atoms. The molecule has 2 rings (SSSR count). The number of rotatable bonds is 4. The van der Waals surface area contributed by atoms with Gasteiger partial charge in [0.15, 0.2) is 5.82 Å². The van der Waals surface area contributed by atoms with E-state index in [1.165, 1.54) is 0 Å². The standard InChI is InChI=1S/C11H19N3O3/c1-8(15-2)7-9-13-10(17-14-9)11(12)3-5-16-6-4-11/h8H,3-7,12H2,1-2H3. The Morgan fingerprint density at radius 1 is 1.47 bits per heavy atom. The summed E-state index contributed by atoms with van der Waals surface area (Å²) in [6.07, 6.45) is 2.14. The van der Waals surface area contributed by atoms with Crippen molar-refractivity contribution < 1.29 is 14.0 Å². The molecule has 0 aromatic carbocycles. The summed E-state index contributed by atoms with van der Waals surface area (Å²) in [7, 11) is 1.66. The molecule has 1 fully saturated rings. The zero-order chi connectivity index (χ0) is 12.3. The van der Waals surface area contributed by atoms with Crippen LogP contribution in [0.1, 0.15) is 31.5 Å². The number of hydrogen-bond donors (Lipinski definition) is 1. The second-order valence-electron chi connectivity index (χ2n) is 4.53. The van der Waals surface area contributed by atoms with Crippen LogP contribution in [0, 0.1) is 0 Å². The molecule has 6 heteroatoms. The summed E-state index contributed by atoms with van der Waals surface area (Å²) in [5, 5.41) is 3.94. The van der Waals surface area contributed by atoms with E-state index >= 15 is 0 Å². The number of ether oxygens (including phenoxy) is 2. The summed E-state index contributed by atoms with van der Waals surface area (Å²) in [6.45, 7) is 3.24. The number of methoxy groups -OCH3 is 1. The first-order valence-electron chi connectivity index (χ1n) is 5.86. The van der Waals surface area contributed by atoms with E-state index < -0.39 is 5.54 Å². The zero-order valence-electron chi connectivity index (χ0n) is 10.3. The van der Waals surface area contributed by atoms with Crippen LogP contribution in [-0.4, -0.2) is 36.6 Å². The van der Waals surface area contributed by atoms with Gasteiger partial charge in [-0.25, -0.2) is 0 Å². The highest BCUT2D eigenvalue weighted by molar-refractivity contribution is 5.03. The molecule has 1 aromatic heterocycles. The molecule has 0 spiro atoms. The van der Waals surface area contributed by atoms with Gasteiger partial charge in [-0.3, -0.25) is 0 Å². The molecule has 6 nitrogen and oxygen atoms in total. The van der Waals surface area contributed by atoms with Crippen molar-refractivity contribution in [3.63, 3.8) is 0 Å². The van der Waals surface area contributed by atoms with E-state index in [0.29, 0.717) is 44.2 Å². The molecule has 0 aliphatic carbocycles. The Bertz CT molecular complexity index is 361. The first-order chi connectivity index (χ1) is 8.14. The molecule has 0 amide bonds. The second-order valence-corrected chi connectivity index (χ2v) is 4.53. The van der Waals surface area contributed by atoms with E-state index in [4.69, 9.17) is 19.7 Å². The van der Waals surface area contributed by atoms with E-state index in [2.05, 4.69) is 10.1 Å². The van der Waals surface area contributed by atoms with Gasteiger partial charge in [0.25, 0.3) is 0 Å². The van der Waals surface area contributed by atoms with Crippen molar-refractivity contribution in [2.45, 2.75) is 37.8 Å². The van der Waals surface area contributed by atoms with Gasteiger partial charge in [-0.1, -0.05) is 5.16 Å². The molecular formula is C11H19N3O3. The molecule has 96 valence electrons. The third-order valence-corrected chi connectivity index (χ3v) is 3.15. The van der Waals surface area contributed by atoms with E-state index in [0.717, 1.165) is 0 Å². The summed E-state index contributed by atoms with van der Waals surface area (Å²) in [6, 6.07) is 0. The molecule has 1 aliphatic rings. The van der Waals surface area contributed by atoms with Gasteiger partial charge in [0.05, 0.1) is 6.10 Å². The van der Waals surface area contributed by atoms with Crippen molar-refractivity contribution in [1.29, 1.82) is 0 Å². The predicted octanol–water partition coefficient (Wildman–Crippen LogP) is 0.611. The van der Waals surface area contributed by atoms with Crippen LogP contribution in [-0.2, 0) is 21.4 Å². The molecular weight excluding hydrogens is 222 g/mol. The maximum absolute atomic E-state index is 6.25. The average Bonchev–Trinajstić information content (AvgIpc) is 2.79. The quantitative estimate of drug-likeness (QED) is 0.831. The van der Waals surface area contributed by atoms with Crippen LogP contribution < -0.4 is 5.73 Å². The summed E-state index contributed by atoms with van der Waals surface area (Å²) in [4.78, 5) is 4.36. The lowest BCUT2D eigenvalue weighted by Crippen LogP contribution is -2.42. The monoisotopic (exact) mass is 241 g/mol. The van der Waals surface area contributed by atoms with Crippen molar-refractivity contribution in [3.8, 4) is 0 Å². The Labute approximate surface area is 100 Å². The summed E-state index contributed by atoms with van der Waals surface area (Å²) < 4.78 is 15.7. The van der Waals surface area contributed by atoms with Crippen LogP contribution in [0.3, 0.4) is 0 Å². The lowest BCUT2D eigenvalue weighted by atomic mass is 9.91. The highest BCUT2D eigenvalue weighted by atomic mass is 16.5. The predicted molar refractivity (Wildman–Crippen MR) is 60.4 cm³/mol. The lowest BCUT2D eigenvalue weighted by molar-refractivity contribution is 0.0400. The SMILES string of the molecule is COC(C)Cc1noc(C2(N)CCOCC2)n1. The molecule has 0 radical (unpaired) electrons. The van der Waals surface area contributed by atoms with Gasteiger partial charge in [0.2, 0.25) is 5.89 Å². The Morgan fingerprint density at radius 2 is 2.18 bits per heavy atom. The fourth-order valence-electron chi connectivity index (χ4n) is 1.83. The summed E-state index contributed by atoms with van der Waals surface area (Å²) >= 11 is 0. The van der Waals surface area contributed by atoms with E-state index in [-0.39, 0.29) is 6.10 Å². The van der Waals surface area contributed by atoms with Crippen molar-refractivity contribution in [2.75, 3.05) is 20.3 Å². The van der Waals surface area contributed by atoms with Gasteiger partial charge in [0.1, 0.15) is 5.54 Å². The largest absolute Gasteiger partial charge is 0.381 e. The molecule has 1 unspecified atom stereocenters. The van der Waals surface area contributed by atoms with Gasteiger partial charge in [-0.15, -0.1) is 0 Å².